The van der Waals surface area contributed by atoms with Gasteiger partial charge < -0.3 is 10.0 Å². The maximum atomic E-state index is 12.3. The van der Waals surface area contributed by atoms with Crippen molar-refractivity contribution in [3.8, 4) is 5.75 Å². The van der Waals surface area contributed by atoms with E-state index in [2.05, 4.69) is 26.8 Å². The summed E-state index contributed by atoms with van der Waals surface area (Å²) in [6.07, 6.45) is 3.08. The van der Waals surface area contributed by atoms with E-state index in [1.54, 1.807) is 18.2 Å². The van der Waals surface area contributed by atoms with Gasteiger partial charge in [-0.2, -0.15) is 0 Å². The molecular weight excluding hydrogens is 238 g/mol. The molecule has 0 spiro atoms. The van der Waals surface area contributed by atoms with Crippen molar-refractivity contribution < 1.29 is 9.90 Å². The number of rotatable bonds is 1. The molecule has 0 saturated heterocycles. The van der Waals surface area contributed by atoms with Crippen molar-refractivity contribution in [3.63, 3.8) is 0 Å². The first-order valence-corrected chi connectivity index (χ1v) is 6.66. The van der Waals surface area contributed by atoms with E-state index >= 15 is 0 Å². The van der Waals surface area contributed by atoms with Crippen LogP contribution in [0.4, 0.5) is 0 Å². The zero-order valence-electron chi connectivity index (χ0n) is 11.8. The highest BCUT2D eigenvalue weighted by Gasteiger charge is 2.24. The number of carbonyl (C=O) groups excluding carboxylic acids is 1. The van der Waals surface area contributed by atoms with Crippen LogP contribution in [0.3, 0.4) is 0 Å². The Morgan fingerprint density at radius 2 is 2.05 bits per heavy atom. The van der Waals surface area contributed by atoms with Crippen LogP contribution in [-0.4, -0.2) is 29.0 Å². The summed E-state index contributed by atoms with van der Waals surface area (Å²) >= 11 is 0. The lowest BCUT2D eigenvalue weighted by Crippen LogP contribution is -2.36. The summed E-state index contributed by atoms with van der Waals surface area (Å²) in [5, 5.41) is 9.43. The molecule has 2 rings (SSSR count). The number of hydrogen-bond donors (Lipinski definition) is 1. The lowest BCUT2D eigenvalue weighted by atomic mass is 9.83. The molecule has 0 aliphatic carbocycles. The zero-order chi connectivity index (χ0) is 14.0. The molecule has 1 aromatic rings. The van der Waals surface area contributed by atoms with E-state index in [1.807, 2.05) is 4.90 Å². The van der Waals surface area contributed by atoms with E-state index in [0.717, 1.165) is 13.0 Å². The second-order valence-corrected chi connectivity index (χ2v) is 6.03. The Hall–Kier alpha value is -1.77. The molecule has 1 aromatic carbocycles. The molecule has 0 atom stereocenters. The first-order chi connectivity index (χ1) is 8.88. The summed E-state index contributed by atoms with van der Waals surface area (Å²) in [6, 6.07) is 6.53. The quantitative estimate of drug-likeness (QED) is 0.787. The summed E-state index contributed by atoms with van der Waals surface area (Å²) in [4.78, 5) is 14.1. The van der Waals surface area contributed by atoms with Crippen LogP contribution in [0.1, 0.15) is 37.6 Å². The fourth-order valence-corrected chi connectivity index (χ4v) is 2.36. The number of hydrogen-bond acceptors (Lipinski definition) is 2. The fraction of sp³-hybridized carbons (Fsp3) is 0.438. The second-order valence-electron chi connectivity index (χ2n) is 6.03. The van der Waals surface area contributed by atoms with Crippen molar-refractivity contribution >= 4 is 5.91 Å². The van der Waals surface area contributed by atoms with Crippen LogP contribution < -0.4 is 0 Å². The van der Waals surface area contributed by atoms with Gasteiger partial charge >= 0.3 is 0 Å². The van der Waals surface area contributed by atoms with Gasteiger partial charge in [0.05, 0.1) is 0 Å². The SMILES string of the molecule is CC(C)(C)C1=CCN(C(=O)c2cccc(O)c2)CC1. The van der Waals surface area contributed by atoms with Crippen LogP contribution >= 0.6 is 0 Å². The van der Waals surface area contributed by atoms with Gasteiger partial charge in [-0.3, -0.25) is 4.79 Å². The number of benzene rings is 1. The van der Waals surface area contributed by atoms with Crippen LogP contribution in [0.5, 0.6) is 5.75 Å². The Morgan fingerprint density at radius 1 is 1.32 bits per heavy atom. The lowest BCUT2D eigenvalue weighted by Gasteiger charge is -2.32. The van der Waals surface area contributed by atoms with E-state index in [4.69, 9.17) is 0 Å². The third-order valence-corrected chi connectivity index (χ3v) is 3.55. The minimum Gasteiger partial charge on any atom is -0.508 e. The molecule has 0 aromatic heterocycles. The first-order valence-electron chi connectivity index (χ1n) is 6.66. The highest BCUT2D eigenvalue weighted by molar-refractivity contribution is 5.94. The number of carbonyl (C=O) groups is 1. The van der Waals surface area contributed by atoms with E-state index in [1.165, 1.54) is 11.6 Å². The van der Waals surface area contributed by atoms with Crippen LogP contribution in [-0.2, 0) is 0 Å². The van der Waals surface area contributed by atoms with E-state index in [-0.39, 0.29) is 17.1 Å². The van der Waals surface area contributed by atoms with Crippen molar-refractivity contribution in [3.05, 3.63) is 41.5 Å². The second kappa shape index (κ2) is 5.08. The molecule has 1 amide bonds. The molecule has 0 saturated carbocycles. The summed E-state index contributed by atoms with van der Waals surface area (Å²) in [5.41, 5.74) is 2.14. The molecule has 0 unspecified atom stereocenters. The standard InChI is InChI=1S/C16H21NO2/c1-16(2,3)13-7-9-17(10-8-13)15(19)12-5-4-6-14(18)11-12/h4-7,11,18H,8-10H2,1-3H3. The van der Waals surface area contributed by atoms with E-state index in [9.17, 15) is 9.90 Å². The van der Waals surface area contributed by atoms with Crippen molar-refractivity contribution in [2.24, 2.45) is 5.41 Å². The van der Waals surface area contributed by atoms with Crippen molar-refractivity contribution in [2.75, 3.05) is 13.1 Å². The molecule has 0 radical (unpaired) electrons. The zero-order valence-corrected chi connectivity index (χ0v) is 11.8. The maximum Gasteiger partial charge on any atom is 0.254 e. The molecule has 1 aliphatic rings. The Morgan fingerprint density at radius 3 is 2.58 bits per heavy atom. The summed E-state index contributed by atoms with van der Waals surface area (Å²) < 4.78 is 0. The summed E-state index contributed by atoms with van der Waals surface area (Å²) in [5.74, 6) is 0.119. The smallest absolute Gasteiger partial charge is 0.254 e. The predicted octanol–water partition coefficient (Wildman–Crippen LogP) is 3.21. The number of aromatic hydroxyl groups is 1. The van der Waals surface area contributed by atoms with Crippen LogP contribution in [0.2, 0.25) is 0 Å². The predicted molar refractivity (Wildman–Crippen MR) is 76.2 cm³/mol. The third-order valence-electron chi connectivity index (χ3n) is 3.55. The van der Waals surface area contributed by atoms with Gasteiger partial charge in [0.25, 0.3) is 5.91 Å². The molecule has 0 bridgehead atoms. The monoisotopic (exact) mass is 259 g/mol. The van der Waals surface area contributed by atoms with Gasteiger partial charge in [-0.25, -0.2) is 0 Å². The van der Waals surface area contributed by atoms with Crippen molar-refractivity contribution in [2.45, 2.75) is 27.2 Å². The Labute approximate surface area is 114 Å². The Balaban J connectivity index is 2.10. The molecule has 19 heavy (non-hydrogen) atoms. The highest BCUT2D eigenvalue weighted by Crippen LogP contribution is 2.30. The maximum absolute atomic E-state index is 12.3. The van der Waals surface area contributed by atoms with Gasteiger partial charge in [0.15, 0.2) is 0 Å². The van der Waals surface area contributed by atoms with E-state index in [0.29, 0.717) is 12.1 Å². The molecule has 1 N–H and O–H groups in total. The normalized spacial score (nSPS) is 16.2. The fourth-order valence-electron chi connectivity index (χ4n) is 2.36. The van der Waals surface area contributed by atoms with Gasteiger partial charge in [-0.15, -0.1) is 0 Å². The molecular formula is C16H21NO2. The van der Waals surface area contributed by atoms with Gasteiger partial charge in [-0.1, -0.05) is 38.5 Å². The summed E-state index contributed by atoms with van der Waals surface area (Å²) in [6.45, 7) is 8.00. The number of amides is 1. The van der Waals surface area contributed by atoms with Crippen LogP contribution in [0, 0.1) is 5.41 Å². The molecule has 1 heterocycles. The average Bonchev–Trinajstić information content (AvgIpc) is 2.37. The number of phenols is 1. The van der Waals surface area contributed by atoms with E-state index < -0.39 is 0 Å². The van der Waals surface area contributed by atoms with Gasteiger partial charge in [0, 0.05) is 18.7 Å². The molecule has 3 nitrogen and oxygen atoms in total. The number of phenolic OH excluding ortho intramolecular Hbond substituents is 1. The third kappa shape index (κ3) is 3.16. The first kappa shape index (κ1) is 13.7. The Bertz CT molecular complexity index is 512. The van der Waals surface area contributed by atoms with Crippen LogP contribution in [0.15, 0.2) is 35.9 Å². The van der Waals surface area contributed by atoms with Gasteiger partial charge in [0.1, 0.15) is 5.75 Å². The minimum absolute atomic E-state index is 0.0138. The topological polar surface area (TPSA) is 40.5 Å². The minimum atomic E-state index is -0.0138. The van der Waals surface area contributed by atoms with Gasteiger partial charge in [-0.05, 0) is 30.0 Å². The summed E-state index contributed by atoms with van der Waals surface area (Å²) in [7, 11) is 0. The molecule has 102 valence electrons. The molecule has 0 fully saturated rings. The largest absolute Gasteiger partial charge is 0.508 e. The molecule has 3 heteroatoms. The van der Waals surface area contributed by atoms with Gasteiger partial charge in [0.2, 0.25) is 0 Å². The molecule has 1 aliphatic heterocycles. The lowest BCUT2D eigenvalue weighted by molar-refractivity contribution is 0.0764. The highest BCUT2D eigenvalue weighted by atomic mass is 16.3. The number of nitrogens with zero attached hydrogens (tertiary/aromatic N) is 1. The van der Waals surface area contributed by atoms with Crippen molar-refractivity contribution in [1.82, 2.24) is 4.90 Å². The Kier molecular flexibility index (Phi) is 3.65. The van der Waals surface area contributed by atoms with Crippen molar-refractivity contribution in [1.29, 1.82) is 0 Å². The average molecular weight is 259 g/mol. The van der Waals surface area contributed by atoms with Crippen LogP contribution in [0.25, 0.3) is 0 Å².